The minimum Gasteiger partial charge on any atom is -0.495 e. The van der Waals surface area contributed by atoms with E-state index in [1.807, 2.05) is 0 Å². The maximum absolute atomic E-state index is 13.8. The van der Waals surface area contributed by atoms with E-state index in [1.165, 1.54) is 7.11 Å². The summed E-state index contributed by atoms with van der Waals surface area (Å²) in [6.07, 6.45) is -5.21. The number of methoxy groups -OCH3 is 1. The number of alkyl halides is 4. The molecule has 116 valence electrons. The van der Waals surface area contributed by atoms with Crippen LogP contribution in [0.25, 0.3) is 0 Å². The maximum Gasteiger partial charge on any atom is 0.459 e. The molecule has 21 heavy (non-hydrogen) atoms. The number of hydrogen-bond donors (Lipinski definition) is 1. The minimum atomic E-state index is -5.21. The molecule has 0 amide bonds. The van der Waals surface area contributed by atoms with Crippen LogP contribution in [0.3, 0.4) is 0 Å². The van der Waals surface area contributed by atoms with E-state index in [1.54, 1.807) is 0 Å². The zero-order valence-corrected chi connectivity index (χ0v) is 11.7. The second kappa shape index (κ2) is 5.19. The second-order valence-electron chi connectivity index (χ2n) is 4.09. The Balaban J connectivity index is 2.46. The second-order valence-corrected chi connectivity index (χ2v) is 4.93. The highest BCUT2D eigenvalue weighted by atomic mass is 35.5. The van der Waals surface area contributed by atoms with E-state index in [2.05, 4.69) is 9.99 Å². The van der Waals surface area contributed by atoms with E-state index in [-0.39, 0.29) is 10.8 Å². The number of ether oxygens (including phenoxy) is 1. The van der Waals surface area contributed by atoms with E-state index in [4.69, 9.17) is 27.9 Å². The molecule has 0 spiro atoms. The smallest absolute Gasteiger partial charge is 0.459 e. The van der Waals surface area contributed by atoms with Crippen molar-refractivity contribution in [1.29, 1.82) is 0 Å². The molecule has 0 bridgehead atoms. The summed E-state index contributed by atoms with van der Waals surface area (Å²) in [5, 5.41) is 10.2. The molecule has 0 radical (unpaired) electrons. The summed E-state index contributed by atoms with van der Waals surface area (Å²) in [7, 11) is 1.24. The van der Waals surface area contributed by atoms with Gasteiger partial charge in [0.05, 0.1) is 12.1 Å². The summed E-state index contributed by atoms with van der Waals surface area (Å²) < 4.78 is 56.8. The van der Waals surface area contributed by atoms with E-state index >= 15 is 0 Å². The molecule has 1 heterocycles. The van der Waals surface area contributed by atoms with Crippen molar-refractivity contribution in [2.75, 3.05) is 7.11 Å². The topological polar surface area (TPSA) is 51.0 Å². The van der Waals surface area contributed by atoms with Gasteiger partial charge < -0.3 is 14.7 Å². The lowest BCUT2D eigenvalue weighted by Gasteiger charge is -2.25. The quantitative estimate of drug-likeness (QED) is 0.660. The first-order valence-electron chi connectivity index (χ1n) is 5.34. The third-order valence-electron chi connectivity index (χ3n) is 2.79. The molecule has 0 aliphatic carbocycles. The van der Waals surface area contributed by atoms with Gasteiger partial charge in [0.25, 0.3) is 0 Å². The zero-order valence-electron chi connectivity index (χ0n) is 10.2. The molecular formula is C11H7Cl2F4NO3. The van der Waals surface area contributed by atoms with Gasteiger partial charge in [0, 0.05) is 5.56 Å². The third kappa shape index (κ3) is 2.51. The van der Waals surface area contributed by atoms with Crippen LogP contribution in [0.2, 0.25) is 5.02 Å². The lowest BCUT2D eigenvalue weighted by atomic mass is 10.0. The predicted molar refractivity (Wildman–Crippen MR) is 66.2 cm³/mol. The van der Waals surface area contributed by atoms with Gasteiger partial charge in [-0.05, 0) is 12.1 Å². The zero-order chi connectivity index (χ0) is 16.0. The Morgan fingerprint density at radius 3 is 2.52 bits per heavy atom. The molecule has 1 aliphatic heterocycles. The summed E-state index contributed by atoms with van der Waals surface area (Å²) >= 11 is 11.2. The van der Waals surface area contributed by atoms with Gasteiger partial charge in [-0.1, -0.05) is 16.8 Å². The highest BCUT2D eigenvalue weighted by Crippen LogP contribution is 2.42. The Bertz CT molecular complexity index is 608. The molecular weight excluding hydrogens is 341 g/mol. The van der Waals surface area contributed by atoms with Gasteiger partial charge >= 0.3 is 12.0 Å². The number of benzene rings is 1. The van der Waals surface area contributed by atoms with Gasteiger partial charge in [-0.25, -0.2) is 4.39 Å². The van der Waals surface area contributed by atoms with Gasteiger partial charge in [-0.3, -0.25) is 0 Å². The van der Waals surface area contributed by atoms with Crippen molar-refractivity contribution in [1.82, 2.24) is 0 Å². The first kappa shape index (κ1) is 16.1. The molecule has 2 unspecified atom stereocenters. The fraction of sp³-hybridized carbons (Fsp3) is 0.364. The minimum absolute atomic E-state index is 0.00193. The molecule has 1 aromatic rings. The van der Waals surface area contributed by atoms with Crippen molar-refractivity contribution < 1.29 is 32.2 Å². The monoisotopic (exact) mass is 347 g/mol. The first-order chi connectivity index (χ1) is 9.61. The number of rotatable bonds is 2. The number of aliphatic hydroxyl groups is 1. The summed E-state index contributed by atoms with van der Waals surface area (Å²) in [5.74, 6) is -4.72. The summed E-state index contributed by atoms with van der Waals surface area (Å²) in [4.78, 5) is 3.99. The Hall–Kier alpha value is -1.25. The van der Waals surface area contributed by atoms with Crippen LogP contribution in [0.4, 0.5) is 17.6 Å². The Labute approximate surface area is 125 Å². The van der Waals surface area contributed by atoms with Crippen LogP contribution in [-0.2, 0) is 4.84 Å². The van der Waals surface area contributed by atoms with Crippen LogP contribution in [0.1, 0.15) is 5.56 Å². The lowest BCUT2D eigenvalue weighted by molar-refractivity contribution is -0.353. The van der Waals surface area contributed by atoms with Crippen molar-refractivity contribution in [2.24, 2.45) is 5.16 Å². The summed E-state index contributed by atoms with van der Waals surface area (Å²) in [5.41, 5.74) is -1.04. The lowest BCUT2D eigenvalue weighted by Crippen LogP contribution is -2.53. The molecule has 0 saturated heterocycles. The van der Waals surface area contributed by atoms with Gasteiger partial charge in [0.15, 0.2) is 5.38 Å². The van der Waals surface area contributed by atoms with Gasteiger partial charge in [0.2, 0.25) is 0 Å². The molecule has 0 aromatic heterocycles. The molecule has 4 nitrogen and oxygen atoms in total. The van der Waals surface area contributed by atoms with Gasteiger partial charge in [-0.15, -0.1) is 11.6 Å². The Morgan fingerprint density at radius 2 is 2.05 bits per heavy atom. The van der Waals surface area contributed by atoms with E-state index < -0.39 is 34.4 Å². The van der Waals surface area contributed by atoms with Crippen LogP contribution in [0.5, 0.6) is 5.75 Å². The standard InChI is InChI=1S/C11H7Cl2F4NO3/c1-20-7-2-4(6(14)3-5(7)12)8-9(13)10(19,21-18-8)11(15,16)17/h2-3,9,19H,1H3. The van der Waals surface area contributed by atoms with Crippen molar-refractivity contribution >= 4 is 28.9 Å². The van der Waals surface area contributed by atoms with E-state index in [0.717, 1.165) is 12.1 Å². The van der Waals surface area contributed by atoms with Crippen LogP contribution >= 0.6 is 23.2 Å². The van der Waals surface area contributed by atoms with Gasteiger partial charge in [-0.2, -0.15) is 13.2 Å². The summed E-state index contributed by atoms with van der Waals surface area (Å²) in [6.45, 7) is 0. The molecule has 2 atom stereocenters. The number of halogens is 6. The third-order valence-corrected chi connectivity index (χ3v) is 3.59. The molecule has 1 aromatic carbocycles. The normalized spacial score (nSPS) is 25.5. The molecule has 2 rings (SSSR count). The van der Waals surface area contributed by atoms with Crippen molar-refractivity contribution in [3.63, 3.8) is 0 Å². The Kier molecular flexibility index (Phi) is 3.98. The van der Waals surface area contributed by atoms with Crippen LogP contribution in [-0.4, -0.2) is 35.3 Å². The molecule has 0 fully saturated rings. The highest BCUT2D eigenvalue weighted by molar-refractivity contribution is 6.37. The highest BCUT2D eigenvalue weighted by Gasteiger charge is 2.66. The number of nitrogens with zero attached hydrogens (tertiary/aromatic N) is 1. The molecule has 0 saturated carbocycles. The average Bonchev–Trinajstić information content (AvgIpc) is 2.68. The van der Waals surface area contributed by atoms with Crippen LogP contribution < -0.4 is 4.74 Å². The van der Waals surface area contributed by atoms with Crippen molar-refractivity contribution in [2.45, 2.75) is 17.3 Å². The fourth-order valence-corrected chi connectivity index (χ4v) is 2.21. The molecule has 1 N–H and O–H groups in total. The van der Waals surface area contributed by atoms with Crippen molar-refractivity contribution in [3.8, 4) is 5.75 Å². The van der Waals surface area contributed by atoms with Crippen LogP contribution in [0.15, 0.2) is 17.3 Å². The predicted octanol–water partition coefficient (Wildman–Crippen LogP) is 3.08. The number of oxime groups is 1. The Morgan fingerprint density at radius 1 is 1.43 bits per heavy atom. The fourth-order valence-electron chi connectivity index (χ4n) is 1.66. The first-order valence-corrected chi connectivity index (χ1v) is 6.16. The summed E-state index contributed by atoms with van der Waals surface area (Å²) in [6, 6.07) is 1.84. The van der Waals surface area contributed by atoms with Crippen molar-refractivity contribution in [3.05, 3.63) is 28.5 Å². The van der Waals surface area contributed by atoms with E-state index in [0.29, 0.717) is 0 Å². The average molecular weight is 348 g/mol. The largest absolute Gasteiger partial charge is 0.495 e. The molecule has 10 heteroatoms. The molecule has 1 aliphatic rings. The number of hydrogen-bond acceptors (Lipinski definition) is 4. The van der Waals surface area contributed by atoms with Gasteiger partial charge in [0.1, 0.15) is 17.3 Å². The van der Waals surface area contributed by atoms with Crippen LogP contribution in [0, 0.1) is 5.82 Å². The van der Waals surface area contributed by atoms with E-state index in [9.17, 15) is 22.7 Å². The SMILES string of the molecule is COc1cc(C2=NOC(O)(C(F)(F)F)C2Cl)c(F)cc1Cl. The maximum atomic E-state index is 13.8.